The first-order valence-corrected chi connectivity index (χ1v) is 12.4. The van der Waals surface area contributed by atoms with Crippen LogP contribution in [0.2, 0.25) is 5.28 Å². The Labute approximate surface area is 191 Å². The van der Waals surface area contributed by atoms with Gasteiger partial charge in [-0.15, -0.1) is 11.3 Å². The Morgan fingerprint density at radius 1 is 1.19 bits per heavy atom. The predicted molar refractivity (Wildman–Crippen MR) is 126 cm³/mol. The quantitative estimate of drug-likeness (QED) is 0.374. The number of aryl methyl sites for hydroxylation is 2. The van der Waals surface area contributed by atoms with E-state index in [0.29, 0.717) is 6.61 Å². The van der Waals surface area contributed by atoms with Crippen LogP contribution in [0.3, 0.4) is 0 Å². The highest BCUT2D eigenvalue weighted by molar-refractivity contribution is 7.17. The monoisotopic (exact) mass is 455 g/mol. The molecule has 3 heterocycles. The molecule has 162 valence electrons. The summed E-state index contributed by atoms with van der Waals surface area (Å²) in [6, 6.07) is 6.87. The summed E-state index contributed by atoms with van der Waals surface area (Å²) in [6.07, 6.45) is 6.41. The maximum atomic E-state index is 12.1. The van der Waals surface area contributed by atoms with E-state index in [1.165, 1.54) is 41.5 Å². The first-order chi connectivity index (χ1) is 15.1. The molecule has 7 heteroatoms. The molecule has 3 aromatic rings. The lowest BCUT2D eigenvalue weighted by Crippen LogP contribution is -2.37. The molecule has 0 atom stereocenters. The average molecular weight is 456 g/mol. The highest BCUT2D eigenvalue weighted by Gasteiger charge is 2.29. The molecule has 0 radical (unpaired) electrons. The Hall–Kier alpha value is -2.18. The van der Waals surface area contributed by atoms with Crippen LogP contribution in [0.1, 0.15) is 43.7 Å². The molecule has 1 aromatic carbocycles. The number of anilines is 1. The minimum absolute atomic E-state index is 0.0356. The summed E-state index contributed by atoms with van der Waals surface area (Å²) in [5, 5.41) is 3.52. The van der Waals surface area contributed by atoms with Crippen molar-refractivity contribution in [1.82, 2.24) is 9.97 Å². The first-order valence-electron chi connectivity index (χ1n) is 11.1. The van der Waals surface area contributed by atoms with Crippen LogP contribution in [0.15, 0.2) is 23.6 Å². The lowest BCUT2D eigenvalue weighted by atomic mass is 9.89. The third-order valence-electron chi connectivity index (χ3n) is 6.46. The van der Waals surface area contributed by atoms with E-state index in [9.17, 15) is 4.79 Å². The zero-order valence-electron chi connectivity index (χ0n) is 17.7. The van der Waals surface area contributed by atoms with E-state index < -0.39 is 0 Å². The molecule has 2 aromatic heterocycles. The van der Waals surface area contributed by atoms with E-state index in [1.54, 1.807) is 11.3 Å². The van der Waals surface area contributed by atoms with Crippen molar-refractivity contribution in [3.63, 3.8) is 0 Å². The second-order valence-corrected chi connectivity index (χ2v) is 9.55. The van der Waals surface area contributed by atoms with Crippen molar-refractivity contribution in [1.29, 1.82) is 0 Å². The maximum absolute atomic E-state index is 12.1. The fraction of sp³-hybridized carbons (Fsp3) is 0.458. The van der Waals surface area contributed by atoms with Crippen LogP contribution in [-0.2, 0) is 22.4 Å². The zero-order chi connectivity index (χ0) is 21.4. The van der Waals surface area contributed by atoms with Gasteiger partial charge in [-0.3, -0.25) is 4.79 Å². The van der Waals surface area contributed by atoms with Crippen molar-refractivity contribution in [2.24, 2.45) is 5.92 Å². The Balaban J connectivity index is 1.50. The van der Waals surface area contributed by atoms with E-state index in [2.05, 4.69) is 38.4 Å². The van der Waals surface area contributed by atoms with Crippen LogP contribution in [0.25, 0.3) is 21.3 Å². The highest BCUT2D eigenvalue weighted by atomic mass is 35.5. The average Bonchev–Trinajstić information content (AvgIpc) is 3.22. The van der Waals surface area contributed by atoms with Crippen LogP contribution < -0.4 is 4.90 Å². The fourth-order valence-corrected chi connectivity index (χ4v) is 5.98. The molecular weight excluding hydrogens is 430 g/mol. The van der Waals surface area contributed by atoms with Crippen LogP contribution in [0.4, 0.5) is 5.82 Å². The van der Waals surface area contributed by atoms with E-state index in [-0.39, 0.29) is 17.2 Å². The van der Waals surface area contributed by atoms with Crippen molar-refractivity contribution >= 4 is 44.9 Å². The second-order valence-electron chi connectivity index (χ2n) is 8.35. The maximum Gasteiger partial charge on any atom is 0.309 e. The number of hydrogen-bond acceptors (Lipinski definition) is 6. The topological polar surface area (TPSA) is 55.3 Å². The van der Waals surface area contributed by atoms with E-state index in [4.69, 9.17) is 16.3 Å². The fourth-order valence-electron chi connectivity index (χ4n) is 4.83. The number of benzene rings is 1. The van der Waals surface area contributed by atoms with Gasteiger partial charge in [-0.1, -0.05) is 18.2 Å². The largest absolute Gasteiger partial charge is 0.466 e. The molecule has 0 bridgehead atoms. The number of carbonyl (C=O) groups excluding carboxylic acids is 1. The number of halogens is 1. The molecular formula is C24H26ClN3O2S. The van der Waals surface area contributed by atoms with Gasteiger partial charge in [0.25, 0.3) is 0 Å². The molecule has 1 fully saturated rings. The molecule has 1 aliphatic carbocycles. The lowest BCUT2D eigenvalue weighted by Gasteiger charge is -2.32. The first kappa shape index (κ1) is 20.7. The number of carbonyl (C=O) groups is 1. The summed E-state index contributed by atoms with van der Waals surface area (Å²) in [7, 11) is 0. The van der Waals surface area contributed by atoms with Gasteiger partial charge in [0.2, 0.25) is 5.28 Å². The molecule has 5 rings (SSSR count). The molecule has 31 heavy (non-hydrogen) atoms. The summed E-state index contributed by atoms with van der Waals surface area (Å²) in [5.41, 5.74) is 5.35. The Kier molecular flexibility index (Phi) is 5.85. The summed E-state index contributed by atoms with van der Waals surface area (Å²) >= 11 is 7.91. The molecule has 0 N–H and O–H groups in total. The van der Waals surface area contributed by atoms with Crippen molar-refractivity contribution in [2.75, 3.05) is 24.6 Å². The Morgan fingerprint density at radius 2 is 1.97 bits per heavy atom. The summed E-state index contributed by atoms with van der Waals surface area (Å²) in [4.78, 5) is 24.5. The number of fused-ring (bicyclic) bond motifs is 2. The Morgan fingerprint density at radius 3 is 2.74 bits per heavy atom. The minimum atomic E-state index is -0.0849. The number of nitrogens with zero attached hydrogens (tertiary/aromatic N) is 3. The van der Waals surface area contributed by atoms with Gasteiger partial charge in [-0.05, 0) is 73.7 Å². The van der Waals surface area contributed by atoms with Crippen LogP contribution >= 0.6 is 22.9 Å². The van der Waals surface area contributed by atoms with Gasteiger partial charge in [-0.2, -0.15) is 4.98 Å². The van der Waals surface area contributed by atoms with Gasteiger partial charge in [-0.25, -0.2) is 4.98 Å². The summed E-state index contributed by atoms with van der Waals surface area (Å²) in [5.74, 6) is 0.760. The normalized spacial score (nSPS) is 17.0. The summed E-state index contributed by atoms with van der Waals surface area (Å²) in [6.45, 7) is 3.79. The number of piperidine rings is 1. The third kappa shape index (κ3) is 4.03. The molecule has 0 spiro atoms. The van der Waals surface area contributed by atoms with Crippen molar-refractivity contribution in [3.05, 3.63) is 40.0 Å². The smallest absolute Gasteiger partial charge is 0.309 e. The van der Waals surface area contributed by atoms with Crippen LogP contribution in [0.5, 0.6) is 0 Å². The van der Waals surface area contributed by atoms with E-state index >= 15 is 0 Å². The standard InChI is InChI=1S/C24H26ClN3O2S/c1-2-30-23(29)16-9-11-28(12-10-16)21-20-19(14-31-22(20)27-24(25)26-21)18-8-7-15-5-3-4-6-17(15)13-18/h7-8,13-14,16H,2-6,9-12H2,1H3. The molecule has 1 saturated heterocycles. The number of aromatic nitrogens is 2. The SMILES string of the molecule is CCOC(=O)C1CCN(c2nc(Cl)nc3scc(-c4ccc5c(c4)CCCC5)c23)CC1. The van der Waals surface area contributed by atoms with Gasteiger partial charge in [0.05, 0.1) is 17.9 Å². The summed E-state index contributed by atoms with van der Waals surface area (Å²) < 4.78 is 5.22. The predicted octanol–water partition coefficient (Wildman–Crippen LogP) is 5.67. The van der Waals surface area contributed by atoms with E-state index in [0.717, 1.165) is 48.4 Å². The number of rotatable bonds is 4. The second kappa shape index (κ2) is 8.75. The molecule has 1 aliphatic heterocycles. The van der Waals surface area contributed by atoms with Crippen LogP contribution in [-0.4, -0.2) is 35.6 Å². The molecule has 0 amide bonds. The zero-order valence-corrected chi connectivity index (χ0v) is 19.3. The lowest BCUT2D eigenvalue weighted by molar-refractivity contribution is -0.148. The van der Waals surface area contributed by atoms with Gasteiger partial charge in [0.1, 0.15) is 10.6 Å². The molecule has 0 saturated carbocycles. The third-order valence-corrected chi connectivity index (χ3v) is 7.50. The van der Waals surface area contributed by atoms with Crippen molar-refractivity contribution < 1.29 is 9.53 Å². The van der Waals surface area contributed by atoms with Crippen molar-refractivity contribution in [2.45, 2.75) is 45.4 Å². The molecule has 2 aliphatic rings. The minimum Gasteiger partial charge on any atom is -0.466 e. The number of esters is 1. The Bertz CT molecular complexity index is 1120. The van der Waals surface area contributed by atoms with Gasteiger partial charge >= 0.3 is 5.97 Å². The number of hydrogen-bond donors (Lipinski definition) is 0. The highest BCUT2D eigenvalue weighted by Crippen LogP contribution is 2.41. The van der Waals surface area contributed by atoms with Gasteiger partial charge in [0.15, 0.2) is 0 Å². The van der Waals surface area contributed by atoms with Crippen LogP contribution in [0, 0.1) is 5.92 Å². The molecule has 0 unspecified atom stereocenters. The van der Waals surface area contributed by atoms with Gasteiger partial charge < -0.3 is 9.64 Å². The van der Waals surface area contributed by atoms with Crippen molar-refractivity contribution in [3.8, 4) is 11.1 Å². The molecule has 5 nitrogen and oxygen atoms in total. The number of thiophene rings is 1. The van der Waals surface area contributed by atoms with E-state index in [1.807, 2.05) is 6.92 Å². The number of ether oxygens (including phenoxy) is 1. The van der Waals surface area contributed by atoms with Gasteiger partial charge in [0, 0.05) is 24.0 Å².